The minimum Gasteiger partial charge on any atom is -0.490 e. The van der Waals surface area contributed by atoms with Crippen molar-refractivity contribution in [2.45, 2.75) is 44.8 Å². The number of hydrogen-bond acceptors (Lipinski definition) is 5. The number of carbonyl (C=O) groups excluding carboxylic acids is 2. The van der Waals surface area contributed by atoms with E-state index in [1.54, 1.807) is 31.2 Å². The maximum atomic E-state index is 12.4. The van der Waals surface area contributed by atoms with Crippen LogP contribution in [0.15, 0.2) is 48.5 Å². The number of non-ortho nitro benzene ring substituents is 1. The van der Waals surface area contributed by atoms with E-state index in [1.807, 2.05) is 0 Å². The van der Waals surface area contributed by atoms with Gasteiger partial charge in [0.1, 0.15) is 11.8 Å². The molecule has 8 nitrogen and oxygen atoms in total. The molecule has 1 saturated carbocycles. The number of ether oxygens (including phenoxy) is 1. The van der Waals surface area contributed by atoms with Crippen molar-refractivity contribution >= 4 is 23.2 Å². The first kappa shape index (κ1) is 20.3. The molecule has 0 radical (unpaired) electrons. The van der Waals surface area contributed by atoms with Crippen LogP contribution in [0.2, 0.25) is 0 Å². The van der Waals surface area contributed by atoms with Gasteiger partial charge >= 0.3 is 0 Å². The Hall–Kier alpha value is -3.42. The van der Waals surface area contributed by atoms with E-state index < -0.39 is 22.8 Å². The summed E-state index contributed by atoms with van der Waals surface area (Å²) in [4.78, 5) is 34.9. The lowest BCUT2D eigenvalue weighted by Crippen LogP contribution is -2.41. The molecule has 0 heterocycles. The second-order valence-corrected chi connectivity index (χ2v) is 7.04. The van der Waals surface area contributed by atoms with Gasteiger partial charge in [0.25, 0.3) is 11.6 Å². The van der Waals surface area contributed by atoms with Crippen molar-refractivity contribution in [1.29, 1.82) is 0 Å². The summed E-state index contributed by atoms with van der Waals surface area (Å²) in [5.41, 5.74) is 0.521. The second kappa shape index (κ2) is 9.18. The van der Waals surface area contributed by atoms with Gasteiger partial charge in [0.15, 0.2) is 0 Å². The van der Waals surface area contributed by atoms with Crippen LogP contribution in [0.3, 0.4) is 0 Å². The molecule has 2 N–H and O–H groups in total. The molecule has 1 unspecified atom stereocenters. The van der Waals surface area contributed by atoms with Crippen molar-refractivity contribution in [3.05, 3.63) is 64.2 Å². The number of amides is 2. The van der Waals surface area contributed by atoms with Crippen LogP contribution in [0.4, 0.5) is 11.4 Å². The Kier molecular flexibility index (Phi) is 6.43. The fourth-order valence-electron chi connectivity index (χ4n) is 3.17. The monoisotopic (exact) mass is 397 g/mol. The summed E-state index contributed by atoms with van der Waals surface area (Å²) in [7, 11) is 0. The van der Waals surface area contributed by atoms with Gasteiger partial charge in [0, 0.05) is 23.4 Å². The number of carbonyl (C=O) groups is 2. The van der Waals surface area contributed by atoms with Gasteiger partial charge in [0.05, 0.1) is 11.0 Å². The minimum atomic E-state index is -0.823. The highest BCUT2D eigenvalue weighted by Crippen LogP contribution is 2.25. The highest BCUT2D eigenvalue weighted by atomic mass is 16.6. The smallest absolute Gasteiger partial charge is 0.270 e. The van der Waals surface area contributed by atoms with Crippen LogP contribution in [-0.2, 0) is 4.79 Å². The van der Waals surface area contributed by atoms with Crippen molar-refractivity contribution in [3.63, 3.8) is 0 Å². The van der Waals surface area contributed by atoms with Crippen LogP contribution in [0.25, 0.3) is 0 Å². The Morgan fingerprint density at radius 3 is 2.48 bits per heavy atom. The van der Waals surface area contributed by atoms with Crippen LogP contribution in [0, 0.1) is 10.1 Å². The molecule has 2 aromatic rings. The van der Waals surface area contributed by atoms with Crippen molar-refractivity contribution < 1.29 is 19.2 Å². The van der Waals surface area contributed by atoms with Crippen molar-refractivity contribution in [3.8, 4) is 5.75 Å². The van der Waals surface area contributed by atoms with Crippen LogP contribution < -0.4 is 15.4 Å². The molecule has 0 spiro atoms. The van der Waals surface area contributed by atoms with Gasteiger partial charge in [-0.3, -0.25) is 19.7 Å². The van der Waals surface area contributed by atoms with E-state index in [9.17, 15) is 19.7 Å². The topological polar surface area (TPSA) is 111 Å². The highest BCUT2D eigenvalue weighted by molar-refractivity contribution is 6.01. The van der Waals surface area contributed by atoms with Crippen LogP contribution in [0.1, 0.15) is 43.0 Å². The molecule has 1 aliphatic rings. The lowest BCUT2D eigenvalue weighted by atomic mass is 10.1. The lowest BCUT2D eigenvalue weighted by Gasteiger charge is -2.15. The summed E-state index contributed by atoms with van der Waals surface area (Å²) < 4.78 is 5.89. The third-order valence-electron chi connectivity index (χ3n) is 4.79. The molecular formula is C21H23N3O5. The van der Waals surface area contributed by atoms with E-state index in [1.165, 1.54) is 37.1 Å². The third kappa shape index (κ3) is 5.54. The van der Waals surface area contributed by atoms with Gasteiger partial charge in [-0.1, -0.05) is 6.07 Å². The molecule has 0 saturated heterocycles. The molecule has 2 amide bonds. The predicted octanol–water partition coefficient (Wildman–Crippen LogP) is 3.67. The average Bonchev–Trinajstić information content (AvgIpc) is 3.22. The van der Waals surface area contributed by atoms with Crippen molar-refractivity contribution in [1.82, 2.24) is 5.32 Å². The fourth-order valence-corrected chi connectivity index (χ4v) is 3.17. The number of anilines is 1. The molecule has 3 rings (SSSR count). The summed E-state index contributed by atoms with van der Waals surface area (Å²) in [6.45, 7) is 1.54. The zero-order chi connectivity index (χ0) is 20.8. The first-order valence-electron chi connectivity index (χ1n) is 9.55. The summed E-state index contributed by atoms with van der Waals surface area (Å²) in [6.07, 6.45) is 4.79. The number of nitrogens with zero attached hydrogens (tertiary/aromatic N) is 1. The van der Waals surface area contributed by atoms with E-state index in [2.05, 4.69) is 10.6 Å². The van der Waals surface area contributed by atoms with Gasteiger partial charge in [-0.2, -0.15) is 0 Å². The maximum Gasteiger partial charge on any atom is 0.270 e. The Morgan fingerprint density at radius 1 is 1.14 bits per heavy atom. The Balaban J connectivity index is 1.53. The van der Waals surface area contributed by atoms with Gasteiger partial charge in [-0.05, 0) is 62.9 Å². The van der Waals surface area contributed by atoms with Crippen LogP contribution >= 0.6 is 0 Å². The van der Waals surface area contributed by atoms with Gasteiger partial charge in [0.2, 0.25) is 5.91 Å². The molecule has 8 heteroatoms. The van der Waals surface area contributed by atoms with Crippen LogP contribution in [0.5, 0.6) is 5.75 Å². The zero-order valence-electron chi connectivity index (χ0n) is 16.1. The molecule has 1 fully saturated rings. The largest absolute Gasteiger partial charge is 0.490 e. The molecule has 0 bridgehead atoms. The van der Waals surface area contributed by atoms with Gasteiger partial charge < -0.3 is 15.4 Å². The number of nitrogens with one attached hydrogen (secondary N) is 2. The number of nitro groups is 1. The molecule has 29 heavy (non-hydrogen) atoms. The number of benzene rings is 2. The second-order valence-electron chi connectivity index (χ2n) is 7.04. The molecular weight excluding hydrogens is 374 g/mol. The molecule has 2 aromatic carbocycles. The molecule has 152 valence electrons. The molecule has 1 aliphatic carbocycles. The number of rotatable bonds is 7. The molecule has 0 aliphatic heterocycles. The normalized spacial score (nSPS) is 14.8. The van der Waals surface area contributed by atoms with Crippen molar-refractivity contribution in [2.75, 3.05) is 5.32 Å². The summed E-state index contributed by atoms with van der Waals surface area (Å²) in [5.74, 6) is -0.188. The predicted molar refractivity (Wildman–Crippen MR) is 108 cm³/mol. The van der Waals surface area contributed by atoms with E-state index >= 15 is 0 Å². The minimum absolute atomic E-state index is 0.118. The van der Waals surface area contributed by atoms with Gasteiger partial charge in [-0.15, -0.1) is 0 Å². The summed E-state index contributed by atoms with van der Waals surface area (Å²) in [6, 6.07) is 11.6. The van der Waals surface area contributed by atoms with Crippen LogP contribution in [-0.4, -0.2) is 28.9 Å². The quantitative estimate of drug-likeness (QED) is 0.547. The van der Waals surface area contributed by atoms with E-state index in [-0.39, 0.29) is 17.4 Å². The summed E-state index contributed by atoms with van der Waals surface area (Å²) in [5, 5.41) is 16.1. The first-order chi connectivity index (χ1) is 13.9. The lowest BCUT2D eigenvalue weighted by molar-refractivity contribution is -0.384. The Bertz CT molecular complexity index is 891. The van der Waals surface area contributed by atoms with Gasteiger partial charge in [-0.25, -0.2) is 0 Å². The van der Waals surface area contributed by atoms with E-state index in [0.29, 0.717) is 5.69 Å². The van der Waals surface area contributed by atoms with E-state index in [0.717, 1.165) is 18.6 Å². The fraction of sp³-hybridized carbons (Fsp3) is 0.333. The SMILES string of the molecule is CC(NC(=O)c1cccc([N+](=O)[O-])c1)C(=O)Nc1ccc(OC2CCCC2)cc1. The molecule has 0 aromatic heterocycles. The Labute approximate surface area is 168 Å². The number of nitro benzene ring substituents is 1. The standard InChI is InChI=1S/C21H23N3O5/c1-14(22-21(26)15-5-4-6-17(13-15)24(27)28)20(25)23-16-9-11-19(12-10-16)29-18-7-2-3-8-18/h4-6,9-14,18H,2-3,7-8H2,1H3,(H,22,26)(H,23,25). The summed E-state index contributed by atoms with van der Waals surface area (Å²) >= 11 is 0. The van der Waals surface area contributed by atoms with Crippen molar-refractivity contribution in [2.24, 2.45) is 0 Å². The molecule has 1 atom stereocenters. The third-order valence-corrected chi connectivity index (χ3v) is 4.79. The zero-order valence-corrected chi connectivity index (χ0v) is 16.1. The maximum absolute atomic E-state index is 12.4. The van der Waals surface area contributed by atoms with E-state index in [4.69, 9.17) is 4.74 Å². The number of hydrogen-bond donors (Lipinski definition) is 2. The first-order valence-corrected chi connectivity index (χ1v) is 9.55. The Morgan fingerprint density at radius 2 is 1.83 bits per heavy atom. The highest BCUT2D eigenvalue weighted by Gasteiger charge is 2.19. The average molecular weight is 397 g/mol.